The highest BCUT2D eigenvalue weighted by atomic mass is 32.3. The summed E-state index contributed by atoms with van der Waals surface area (Å²) in [5.74, 6) is 1.49. The van der Waals surface area contributed by atoms with E-state index in [1.165, 1.54) is 4.31 Å². The quantitative estimate of drug-likeness (QED) is 0.324. The van der Waals surface area contributed by atoms with E-state index in [9.17, 15) is 13.9 Å². The van der Waals surface area contributed by atoms with E-state index in [1.54, 1.807) is 36.3 Å². The van der Waals surface area contributed by atoms with Crippen LogP contribution < -0.4 is 14.4 Å². The number of rotatable bonds is 9. The van der Waals surface area contributed by atoms with Crippen molar-refractivity contribution in [3.8, 4) is 11.5 Å². The van der Waals surface area contributed by atoms with Gasteiger partial charge in [0.15, 0.2) is 11.5 Å². The summed E-state index contributed by atoms with van der Waals surface area (Å²) < 4.78 is 35.1. The Hall–Kier alpha value is -3.24. The number of para-hydroxylation sites is 4. The molecule has 0 aromatic heterocycles. The van der Waals surface area contributed by atoms with Crippen LogP contribution in [0.4, 0.5) is 16.2 Å². The Labute approximate surface area is 219 Å². The highest BCUT2D eigenvalue weighted by Gasteiger charge is 2.42. The second-order valence-corrected chi connectivity index (χ2v) is 11.1. The molecule has 2 aliphatic rings. The van der Waals surface area contributed by atoms with Crippen molar-refractivity contribution in [2.45, 2.75) is 30.3 Å². The Morgan fingerprint density at radius 3 is 2.35 bits per heavy atom. The molecule has 2 amide bonds. The van der Waals surface area contributed by atoms with Crippen molar-refractivity contribution in [2.75, 3.05) is 38.2 Å². The number of ether oxygens (including phenoxy) is 2. The molecule has 37 heavy (non-hydrogen) atoms. The average molecular weight is 524 g/mol. The average Bonchev–Trinajstić information content (AvgIpc) is 3.36. The van der Waals surface area contributed by atoms with E-state index in [1.807, 2.05) is 54.6 Å². The van der Waals surface area contributed by atoms with Gasteiger partial charge < -0.3 is 9.47 Å². The number of fused-ring (bicyclic) bond motifs is 1. The molecular weight excluding hydrogens is 490 g/mol. The third kappa shape index (κ3) is 5.26. The summed E-state index contributed by atoms with van der Waals surface area (Å²) in [6.45, 7) is 2.87. The third-order valence-electron chi connectivity index (χ3n) is 6.80. The molecule has 9 heteroatoms. The molecule has 3 aromatic carbocycles. The molecule has 196 valence electrons. The molecule has 0 aliphatic carbocycles. The zero-order valence-corrected chi connectivity index (χ0v) is 21.7. The molecule has 3 aromatic rings. The molecule has 1 saturated heterocycles. The van der Waals surface area contributed by atoms with Gasteiger partial charge in [-0.1, -0.05) is 53.2 Å². The number of hydrogen-bond donors (Lipinski definition) is 2. The summed E-state index contributed by atoms with van der Waals surface area (Å²) in [5, 5.41) is 0. The normalized spacial score (nSPS) is 20.0. The Morgan fingerprint density at radius 2 is 1.57 bits per heavy atom. The molecule has 2 N–H and O–H groups in total. The molecule has 1 atom stereocenters. The first-order valence-electron chi connectivity index (χ1n) is 12.5. The van der Waals surface area contributed by atoms with Gasteiger partial charge in [-0.3, -0.25) is 18.9 Å². The number of benzene rings is 3. The van der Waals surface area contributed by atoms with Crippen LogP contribution in [-0.2, 0) is 0 Å². The van der Waals surface area contributed by atoms with Crippen molar-refractivity contribution in [3.05, 3.63) is 78.9 Å². The van der Waals surface area contributed by atoms with Crippen LogP contribution >= 0.6 is 10.8 Å². The lowest BCUT2D eigenvalue weighted by molar-refractivity contribution is 0.191. The molecule has 0 bridgehead atoms. The highest BCUT2D eigenvalue weighted by Crippen LogP contribution is 2.59. The smallest absolute Gasteiger partial charge is 0.347 e. The first kappa shape index (κ1) is 25.4. The maximum Gasteiger partial charge on any atom is 0.347 e. The number of hydrogen-bond acceptors (Lipinski definition) is 6. The van der Waals surface area contributed by atoms with Crippen molar-refractivity contribution in [2.24, 2.45) is 0 Å². The van der Waals surface area contributed by atoms with Crippen LogP contribution in [0.2, 0.25) is 0 Å². The van der Waals surface area contributed by atoms with Gasteiger partial charge in [0.2, 0.25) is 0 Å². The minimum Gasteiger partial charge on any atom is -0.493 e. The van der Waals surface area contributed by atoms with Gasteiger partial charge in [0.25, 0.3) is 0 Å². The summed E-state index contributed by atoms with van der Waals surface area (Å²) >= 11 is 0. The van der Waals surface area contributed by atoms with Crippen LogP contribution in [0, 0.1) is 0 Å². The predicted molar refractivity (Wildman–Crippen MR) is 146 cm³/mol. The maximum atomic E-state index is 13.5. The number of amides is 2. The Balaban J connectivity index is 1.19. The largest absolute Gasteiger partial charge is 0.493 e. The SMILES string of the molecule is COc1ccccc1OC1CCN(CCCCN2C(=O)N(c3ccccc3)c3ccccc3S2(O)O)C1. The first-order chi connectivity index (χ1) is 18.0. The standard InChI is InChI=1S/C28H33N3O5S/c1-35-25-14-6-7-15-26(25)36-23-17-20-29(21-23)18-9-10-19-30-28(32)31(22-11-3-2-4-12-22)24-13-5-8-16-27(24)37(30,33)34/h2-8,11-16,23,33-34H,9-10,17-21H2,1H3. The van der Waals surface area contributed by atoms with Gasteiger partial charge in [-0.25, -0.2) is 9.10 Å². The van der Waals surface area contributed by atoms with E-state index in [0.717, 1.165) is 44.0 Å². The highest BCUT2D eigenvalue weighted by molar-refractivity contribution is 8.22. The molecule has 2 aliphatic heterocycles. The number of nitrogens with zero attached hydrogens (tertiary/aromatic N) is 3. The molecule has 0 spiro atoms. The van der Waals surface area contributed by atoms with Crippen LogP contribution in [0.3, 0.4) is 0 Å². The van der Waals surface area contributed by atoms with Gasteiger partial charge in [0.1, 0.15) is 11.0 Å². The Bertz CT molecular complexity index is 1230. The van der Waals surface area contributed by atoms with Gasteiger partial charge >= 0.3 is 6.03 Å². The van der Waals surface area contributed by atoms with E-state index >= 15 is 0 Å². The fourth-order valence-electron chi connectivity index (χ4n) is 4.95. The topological polar surface area (TPSA) is 85.7 Å². The minimum absolute atomic E-state index is 0.0999. The van der Waals surface area contributed by atoms with E-state index in [4.69, 9.17) is 9.47 Å². The van der Waals surface area contributed by atoms with Gasteiger partial charge in [0.05, 0.1) is 18.5 Å². The van der Waals surface area contributed by atoms with Crippen molar-refractivity contribution >= 4 is 28.2 Å². The fourth-order valence-corrected chi connectivity index (χ4v) is 6.57. The first-order valence-corrected chi connectivity index (χ1v) is 14.1. The Kier molecular flexibility index (Phi) is 7.57. The molecule has 0 radical (unpaired) electrons. The number of carbonyl (C=O) groups excluding carboxylic acids is 1. The number of anilines is 2. The number of likely N-dealkylation sites (tertiary alicyclic amines) is 1. The summed E-state index contributed by atoms with van der Waals surface area (Å²) in [6, 6.07) is 23.6. The van der Waals surface area contributed by atoms with Crippen LogP contribution in [0.1, 0.15) is 19.3 Å². The molecule has 5 rings (SSSR count). The van der Waals surface area contributed by atoms with E-state index in [0.29, 0.717) is 22.7 Å². The van der Waals surface area contributed by atoms with Gasteiger partial charge in [-0.05, 0) is 62.2 Å². The van der Waals surface area contributed by atoms with Crippen molar-refractivity contribution < 1.29 is 23.4 Å². The predicted octanol–water partition coefficient (Wildman–Crippen LogP) is 6.23. The van der Waals surface area contributed by atoms with Crippen LogP contribution in [-0.4, -0.2) is 63.7 Å². The lowest BCUT2D eigenvalue weighted by Gasteiger charge is -2.49. The van der Waals surface area contributed by atoms with E-state index < -0.39 is 16.8 Å². The summed E-state index contributed by atoms with van der Waals surface area (Å²) in [6.07, 6.45) is 2.52. The summed E-state index contributed by atoms with van der Waals surface area (Å²) in [7, 11) is -1.78. The van der Waals surface area contributed by atoms with Gasteiger partial charge in [-0.2, -0.15) is 0 Å². The van der Waals surface area contributed by atoms with Gasteiger partial charge in [0, 0.05) is 19.6 Å². The second kappa shape index (κ2) is 11.0. The van der Waals surface area contributed by atoms with Crippen LogP contribution in [0.25, 0.3) is 0 Å². The van der Waals surface area contributed by atoms with Crippen molar-refractivity contribution in [1.29, 1.82) is 0 Å². The fraction of sp³-hybridized carbons (Fsp3) is 0.321. The lowest BCUT2D eigenvalue weighted by atomic mass is 10.2. The van der Waals surface area contributed by atoms with Crippen LogP contribution in [0.15, 0.2) is 83.8 Å². The summed E-state index contributed by atoms with van der Waals surface area (Å²) in [5.41, 5.74) is 1.20. The van der Waals surface area contributed by atoms with E-state index in [2.05, 4.69) is 4.90 Å². The molecule has 1 unspecified atom stereocenters. The molecule has 0 saturated carbocycles. The number of carbonyl (C=O) groups is 1. The Morgan fingerprint density at radius 1 is 0.892 bits per heavy atom. The number of methoxy groups -OCH3 is 1. The van der Waals surface area contributed by atoms with Crippen molar-refractivity contribution in [3.63, 3.8) is 0 Å². The van der Waals surface area contributed by atoms with Crippen molar-refractivity contribution in [1.82, 2.24) is 9.21 Å². The van der Waals surface area contributed by atoms with Crippen LogP contribution in [0.5, 0.6) is 11.5 Å². The summed E-state index contributed by atoms with van der Waals surface area (Å²) in [4.78, 5) is 17.8. The molecular formula is C28H33N3O5S. The van der Waals surface area contributed by atoms with Gasteiger partial charge in [-0.15, -0.1) is 0 Å². The zero-order chi connectivity index (χ0) is 25.8. The molecule has 8 nitrogen and oxygen atoms in total. The monoisotopic (exact) mass is 523 g/mol. The minimum atomic E-state index is -3.43. The maximum absolute atomic E-state index is 13.5. The third-order valence-corrected chi connectivity index (χ3v) is 8.69. The number of unbranched alkanes of at least 4 members (excludes halogenated alkanes) is 1. The molecule has 2 heterocycles. The number of urea groups is 1. The zero-order valence-electron chi connectivity index (χ0n) is 20.9. The lowest BCUT2D eigenvalue weighted by Crippen LogP contribution is -2.46. The van der Waals surface area contributed by atoms with E-state index in [-0.39, 0.29) is 12.6 Å². The molecule has 1 fully saturated rings. The second-order valence-electron chi connectivity index (χ2n) is 9.23.